The number of ether oxygens (including phenoxy) is 2. The van der Waals surface area contributed by atoms with Gasteiger partial charge in [0, 0.05) is 36.0 Å². The molecule has 2 unspecified atom stereocenters. The predicted molar refractivity (Wildman–Crippen MR) is 104 cm³/mol. The highest BCUT2D eigenvalue weighted by Crippen LogP contribution is 2.40. The molecule has 0 aliphatic rings. The zero-order chi connectivity index (χ0) is 20.1. The molecule has 1 rings (SSSR count). The lowest BCUT2D eigenvalue weighted by Gasteiger charge is -2.29. The molecule has 0 heterocycles. The number of methoxy groups -OCH3 is 1. The summed E-state index contributed by atoms with van der Waals surface area (Å²) in [5.74, 6) is -0.807. The maximum atomic E-state index is 12.6. The normalized spacial score (nSPS) is 14.0. The van der Waals surface area contributed by atoms with Crippen LogP contribution in [-0.4, -0.2) is 34.3 Å². The molecule has 9 heteroatoms. The van der Waals surface area contributed by atoms with Gasteiger partial charge in [0.1, 0.15) is 10.5 Å². The second-order valence-corrected chi connectivity index (χ2v) is 9.27. The van der Waals surface area contributed by atoms with Crippen molar-refractivity contribution in [2.24, 2.45) is 0 Å². The van der Waals surface area contributed by atoms with Crippen LogP contribution < -0.4 is 9.46 Å². The van der Waals surface area contributed by atoms with Crippen molar-refractivity contribution in [1.82, 2.24) is 4.72 Å². The molecule has 6 nitrogen and oxygen atoms in total. The van der Waals surface area contributed by atoms with Crippen molar-refractivity contribution >= 4 is 40.5 Å². The van der Waals surface area contributed by atoms with Crippen LogP contribution in [0.1, 0.15) is 38.8 Å². The van der Waals surface area contributed by atoms with Crippen molar-refractivity contribution < 1.29 is 23.9 Å². The third-order valence-electron chi connectivity index (χ3n) is 3.33. The summed E-state index contributed by atoms with van der Waals surface area (Å²) < 4.78 is 25.4. The van der Waals surface area contributed by atoms with Gasteiger partial charge in [0.2, 0.25) is 0 Å². The van der Waals surface area contributed by atoms with E-state index in [-0.39, 0.29) is 28.8 Å². The van der Waals surface area contributed by atoms with E-state index < -0.39 is 28.1 Å². The molecule has 0 radical (unpaired) electrons. The van der Waals surface area contributed by atoms with Crippen LogP contribution in [0.4, 0.5) is 0 Å². The molecule has 1 aromatic rings. The maximum absolute atomic E-state index is 12.6. The molecule has 0 aliphatic carbocycles. The van der Waals surface area contributed by atoms with E-state index >= 15 is 0 Å². The Labute approximate surface area is 166 Å². The van der Waals surface area contributed by atoms with Crippen LogP contribution in [0.25, 0.3) is 0 Å². The topological polar surface area (TPSA) is 90.9 Å². The zero-order valence-electron chi connectivity index (χ0n) is 15.1. The largest absolute Gasteiger partial charge is 0.598 e. The fourth-order valence-corrected chi connectivity index (χ4v) is 3.23. The van der Waals surface area contributed by atoms with Crippen molar-refractivity contribution in [3.8, 4) is 5.75 Å². The minimum atomic E-state index is -1.50. The smallest absolute Gasteiger partial charge is 0.331 e. The minimum Gasteiger partial charge on any atom is -0.598 e. The average molecular weight is 424 g/mol. The van der Waals surface area contributed by atoms with Crippen molar-refractivity contribution in [3.63, 3.8) is 0 Å². The molecule has 26 heavy (non-hydrogen) atoms. The molecule has 0 aliphatic heterocycles. The summed E-state index contributed by atoms with van der Waals surface area (Å²) in [5, 5.41) is 9.64. The van der Waals surface area contributed by atoms with E-state index in [1.54, 1.807) is 32.9 Å². The highest BCUT2D eigenvalue weighted by Gasteiger charge is 2.33. The van der Waals surface area contributed by atoms with Gasteiger partial charge in [-0.1, -0.05) is 29.8 Å². The van der Waals surface area contributed by atoms with Gasteiger partial charge in [0.15, 0.2) is 6.79 Å². The third-order valence-corrected chi connectivity index (χ3v) is 5.76. The van der Waals surface area contributed by atoms with Gasteiger partial charge in [0.05, 0.1) is 16.1 Å². The van der Waals surface area contributed by atoms with E-state index in [2.05, 4.69) is 11.3 Å². The Morgan fingerprint density at radius 1 is 1.42 bits per heavy atom. The monoisotopic (exact) mass is 423 g/mol. The standard InChI is InChI=1S/C17H23Cl2NO5S/c1-10(16(21)22)8-12(20-26(23)17(2,3)4)14-13(25-9-24-5)7-6-11(18)15(14)19/h6-7,12,20H,1,8-9H2,2-5H3,(H,21,22). The lowest BCUT2D eigenvalue weighted by Crippen LogP contribution is -2.41. The molecule has 0 spiro atoms. The van der Waals surface area contributed by atoms with Gasteiger partial charge in [-0.2, -0.15) is 0 Å². The number of hydrogen-bond acceptors (Lipinski definition) is 5. The number of nitrogens with one attached hydrogen (secondary N) is 1. The van der Waals surface area contributed by atoms with Crippen LogP contribution in [-0.2, 0) is 20.9 Å². The summed E-state index contributed by atoms with van der Waals surface area (Å²) in [4.78, 5) is 11.2. The van der Waals surface area contributed by atoms with Crippen LogP contribution in [0.3, 0.4) is 0 Å². The number of carboxylic acids is 1. The minimum absolute atomic E-state index is 0.0411. The number of benzene rings is 1. The molecule has 0 saturated heterocycles. The highest BCUT2D eigenvalue weighted by atomic mass is 35.5. The summed E-state index contributed by atoms with van der Waals surface area (Å²) in [6.45, 7) is 8.89. The van der Waals surface area contributed by atoms with Gasteiger partial charge in [-0.3, -0.25) is 0 Å². The van der Waals surface area contributed by atoms with Crippen molar-refractivity contribution in [3.05, 3.63) is 39.9 Å². The summed E-state index contributed by atoms with van der Waals surface area (Å²) in [6.07, 6.45) is -0.0411. The first-order valence-electron chi connectivity index (χ1n) is 7.67. The fourth-order valence-electron chi connectivity index (χ4n) is 1.96. The van der Waals surface area contributed by atoms with Crippen molar-refractivity contribution in [1.29, 1.82) is 0 Å². The Morgan fingerprint density at radius 2 is 2.04 bits per heavy atom. The average Bonchev–Trinajstić information content (AvgIpc) is 2.54. The Kier molecular flexibility index (Phi) is 8.72. The van der Waals surface area contributed by atoms with Crippen molar-refractivity contribution in [2.75, 3.05) is 13.9 Å². The molecule has 146 valence electrons. The summed E-state index contributed by atoms with van der Waals surface area (Å²) >= 11 is 11.0. The predicted octanol–water partition coefficient (Wildman–Crippen LogP) is 4.10. The molecule has 0 aromatic heterocycles. The summed E-state index contributed by atoms with van der Waals surface area (Å²) in [5.41, 5.74) is 0.332. The number of aliphatic carboxylic acids is 1. The zero-order valence-corrected chi connectivity index (χ0v) is 17.4. The van der Waals surface area contributed by atoms with Crippen LogP contribution in [0.2, 0.25) is 10.0 Å². The van der Waals surface area contributed by atoms with Crippen LogP contribution in [0.15, 0.2) is 24.3 Å². The quantitative estimate of drug-likeness (QED) is 0.352. The number of halogens is 2. The third kappa shape index (κ3) is 6.33. The molecule has 2 atom stereocenters. The summed E-state index contributed by atoms with van der Waals surface area (Å²) in [6, 6.07) is 2.42. The number of carboxylic acid groups (broad SMARTS) is 1. The first-order chi connectivity index (χ1) is 12.0. The molecule has 0 fully saturated rings. The summed E-state index contributed by atoms with van der Waals surface area (Å²) in [7, 11) is 1.47. The van der Waals surface area contributed by atoms with Gasteiger partial charge in [-0.25, -0.2) is 4.79 Å². The van der Waals surface area contributed by atoms with Gasteiger partial charge < -0.3 is 19.1 Å². The number of carbonyl (C=O) groups is 1. The lowest BCUT2D eigenvalue weighted by molar-refractivity contribution is -0.132. The van der Waals surface area contributed by atoms with Crippen molar-refractivity contribution in [2.45, 2.75) is 38.0 Å². The molecule has 0 amide bonds. The van der Waals surface area contributed by atoms with Gasteiger partial charge >= 0.3 is 5.97 Å². The first kappa shape index (κ1) is 23.1. The van der Waals surface area contributed by atoms with E-state index in [9.17, 15) is 14.5 Å². The fraction of sp³-hybridized carbons (Fsp3) is 0.471. The molecule has 0 saturated carbocycles. The molecular weight excluding hydrogens is 401 g/mol. The van der Waals surface area contributed by atoms with Gasteiger partial charge in [0.25, 0.3) is 0 Å². The SMILES string of the molecule is C=C(CC(N[S+]([O-])C(C)(C)C)c1c(OCOC)ccc(Cl)c1Cl)C(=O)O. The van der Waals surface area contributed by atoms with Crippen LogP contribution >= 0.6 is 23.2 Å². The second kappa shape index (κ2) is 9.82. The number of hydrogen-bond donors (Lipinski definition) is 2. The van der Waals surface area contributed by atoms with E-state index in [4.69, 9.17) is 32.7 Å². The molecule has 2 N–H and O–H groups in total. The molecule has 1 aromatic carbocycles. The van der Waals surface area contributed by atoms with E-state index in [1.807, 2.05) is 0 Å². The molecule has 0 bridgehead atoms. The Bertz CT molecular complexity index is 663. The van der Waals surface area contributed by atoms with E-state index in [0.717, 1.165) is 0 Å². The van der Waals surface area contributed by atoms with Crippen LogP contribution in [0.5, 0.6) is 5.75 Å². The Morgan fingerprint density at radius 3 is 2.54 bits per heavy atom. The Balaban J connectivity index is 3.37. The van der Waals surface area contributed by atoms with E-state index in [1.165, 1.54) is 7.11 Å². The highest BCUT2D eigenvalue weighted by molar-refractivity contribution is 7.90. The lowest BCUT2D eigenvalue weighted by atomic mass is 9.99. The Hall–Kier alpha value is -0.960. The first-order valence-corrected chi connectivity index (χ1v) is 9.58. The maximum Gasteiger partial charge on any atom is 0.331 e. The second-order valence-electron chi connectivity index (χ2n) is 6.49. The molecular formula is C17H23Cl2NO5S. The van der Waals surface area contributed by atoms with Gasteiger partial charge in [-0.05, 0) is 32.9 Å². The van der Waals surface area contributed by atoms with E-state index in [0.29, 0.717) is 11.3 Å². The number of rotatable bonds is 9. The van der Waals surface area contributed by atoms with Crippen LogP contribution in [0, 0.1) is 0 Å². The van der Waals surface area contributed by atoms with Gasteiger partial charge in [-0.15, -0.1) is 4.72 Å².